The van der Waals surface area contributed by atoms with Crippen molar-refractivity contribution in [3.05, 3.63) is 33.3 Å². The first-order valence-electron chi connectivity index (χ1n) is 5.88. The van der Waals surface area contributed by atoms with Crippen LogP contribution < -0.4 is 11.1 Å². The molecule has 0 spiro atoms. The highest BCUT2D eigenvalue weighted by Crippen LogP contribution is 2.30. The van der Waals surface area contributed by atoms with E-state index in [1.165, 1.54) is 0 Å². The van der Waals surface area contributed by atoms with Crippen LogP contribution in [0.3, 0.4) is 0 Å². The minimum absolute atomic E-state index is 0.224. The fourth-order valence-corrected chi connectivity index (χ4v) is 2.61. The van der Waals surface area contributed by atoms with Gasteiger partial charge in [0.1, 0.15) is 5.60 Å². The van der Waals surface area contributed by atoms with E-state index in [0.717, 1.165) is 10.0 Å². The zero-order chi connectivity index (χ0) is 14.6. The summed E-state index contributed by atoms with van der Waals surface area (Å²) < 4.78 is 6.00. The van der Waals surface area contributed by atoms with Crippen LogP contribution in [0, 0.1) is 0 Å². The van der Waals surface area contributed by atoms with Crippen LogP contribution in [-0.2, 0) is 4.74 Å². The molecule has 1 atom stereocenters. The smallest absolute Gasteiger partial charge is 0.408 e. The summed E-state index contributed by atoms with van der Waals surface area (Å²) in [5.74, 6) is 0. The summed E-state index contributed by atoms with van der Waals surface area (Å²) in [4.78, 5) is 11.8. The number of carbonyl (C=O) groups excluding carboxylic acids is 1. The van der Waals surface area contributed by atoms with Gasteiger partial charge in [0, 0.05) is 21.6 Å². The second-order valence-corrected chi connectivity index (χ2v) is 6.33. The van der Waals surface area contributed by atoms with Crippen LogP contribution in [0.15, 0.2) is 22.7 Å². The molecule has 0 bridgehead atoms. The SMILES string of the molecule is CC(C)(C)OC(=O)NC(CN)c1c(Cl)cccc1Br. The maximum Gasteiger partial charge on any atom is 0.408 e. The summed E-state index contributed by atoms with van der Waals surface area (Å²) in [7, 11) is 0. The van der Waals surface area contributed by atoms with E-state index in [0.29, 0.717) is 5.02 Å². The number of carbonyl (C=O) groups is 1. The molecule has 1 rings (SSSR count). The van der Waals surface area contributed by atoms with E-state index in [4.69, 9.17) is 22.1 Å². The molecule has 3 N–H and O–H groups in total. The molecular weight excluding hydrogens is 332 g/mol. The van der Waals surface area contributed by atoms with Gasteiger partial charge < -0.3 is 15.8 Å². The lowest BCUT2D eigenvalue weighted by Crippen LogP contribution is -2.38. The lowest BCUT2D eigenvalue weighted by molar-refractivity contribution is 0.0505. The molecule has 0 saturated carbocycles. The Hall–Kier alpha value is -0.780. The quantitative estimate of drug-likeness (QED) is 0.876. The van der Waals surface area contributed by atoms with Gasteiger partial charge in [0.25, 0.3) is 0 Å². The van der Waals surface area contributed by atoms with Crippen LogP contribution in [0.25, 0.3) is 0 Å². The fraction of sp³-hybridized carbons (Fsp3) is 0.462. The largest absolute Gasteiger partial charge is 0.444 e. The second kappa shape index (κ2) is 6.59. The van der Waals surface area contributed by atoms with Crippen molar-refractivity contribution >= 4 is 33.6 Å². The third-order valence-electron chi connectivity index (χ3n) is 2.27. The minimum Gasteiger partial charge on any atom is -0.444 e. The first-order valence-corrected chi connectivity index (χ1v) is 7.05. The van der Waals surface area contributed by atoms with Gasteiger partial charge in [-0.1, -0.05) is 33.6 Å². The Labute approximate surface area is 126 Å². The van der Waals surface area contributed by atoms with Crippen molar-refractivity contribution in [3.63, 3.8) is 0 Å². The van der Waals surface area contributed by atoms with Gasteiger partial charge in [-0.2, -0.15) is 0 Å². The minimum atomic E-state index is -0.555. The van der Waals surface area contributed by atoms with Crippen LogP contribution in [-0.4, -0.2) is 18.2 Å². The number of hydrogen-bond donors (Lipinski definition) is 2. The first-order chi connectivity index (χ1) is 8.74. The van der Waals surface area contributed by atoms with Crippen molar-refractivity contribution in [2.24, 2.45) is 5.73 Å². The third kappa shape index (κ3) is 5.01. The Morgan fingerprint density at radius 1 is 1.53 bits per heavy atom. The topological polar surface area (TPSA) is 64.3 Å². The monoisotopic (exact) mass is 348 g/mol. The number of alkyl carbamates (subject to hydrolysis) is 1. The van der Waals surface area contributed by atoms with Gasteiger partial charge in [0.15, 0.2) is 0 Å². The number of nitrogens with one attached hydrogen (secondary N) is 1. The number of benzene rings is 1. The van der Waals surface area contributed by atoms with Gasteiger partial charge >= 0.3 is 6.09 Å². The highest BCUT2D eigenvalue weighted by atomic mass is 79.9. The summed E-state index contributed by atoms with van der Waals surface area (Å²) >= 11 is 9.55. The van der Waals surface area contributed by atoms with Crippen molar-refractivity contribution in [3.8, 4) is 0 Å². The van der Waals surface area contributed by atoms with E-state index in [1.807, 2.05) is 12.1 Å². The van der Waals surface area contributed by atoms with Gasteiger partial charge in [-0.3, -0.25) is 0 Å². The Bertz CT molecular complexity index is 440. The fourth-order valence-electron chi connectivity index (χ4n) is 1.54. The first kappa shape index (κ1) is 16.3. The van der Waals surface area contributed by atoms with Crippen LogP contribution >= 0.6 is 27.5 Å². The van der Waals surface area contributed by atoms with E-state index < -0.39 is 17.7 Å². The summed E-state index contributed by atoms with van der Waals surface area (Å²) in [5.41, 5.74) is 5.90. The average molecular weight is 350 g/mol. The maximum absolute atomic E-state index is 11.8. The van der Waals surface area contributed by atoms with E-state index in [2.05, 4.69) is 21.2 Å². The zero-order valence-electron chi connectivity index (χ0n) is 11.2. The van der Waals surface area contributed by atoms with E-state index >= 15 is 0 Å². The van der Waals surface area contributed by atoms with E-state index in [-0.39, 0.29) is 6.54 Å². The van der Waals surface area contributed by atoms with Crippen LogP contribution in [0.5, 0.6) is 0 Å². The predicted octanol–water partition coefficient (Wildman–Crippen LogP) is 3.63. The molecule has 0 radical (unpaired) electrons. The molecule has 0 aliphatic carbocycles. The standard InChI is InChI=1S/C13H18BrClN2O2/c1-13(2,3)19-12(18)17-10(7-16)11-8(14)5-4-6-9(11)15/h4-6,10H,7,16H2,1-3H3,(H,17,18). The summed E-state index contributed by atoms with van der Waals surface area (Å²) in [6, 6.07) is 5.01. The lowest BCUT2D eigenvalue weighted by Gasteiger charge is -2.24. The van der Waals surface area contributed by atoms with Crippen molar-refractivity contribution in [1.29, 1.82) is 0 Å². The summed E-state index contributed by atoms with van der Waals surface area (Å²) in [5, 5.41) is 3.26. The van der Waals surface area contributed by atoms with Crippen LogP contribution in [0.4, 0.5) is 4.79 Å². The van der Waals surface area contributed by atoms with Crippen molar-refractivity contribution in [2.75, 3.05) is 6.54 Å². The second-order valence-electron chi connectivity index (χ2n) is 5.07. The maximum atomic E-state index is 11.8. The molecular formula is C13H18BrClN2O2. The van der Waals surface area contributed by atoms with Gasteiger partial charge in [-0.15, -0.1) is 0 Å². The molecule has 0 aliphatic rings. The van der Waals surface area contributed by atoms with Crippen molar-refractivity contribution in [2.45, 2.75) is 32.4 Å². The molecule has 106 valence electrons. The predicted molar refractivity (Wildman–Crippen MR) is 80.3 cm³/mol. The number of amides is 1. The molecule has 6 heteroatoms. The average Bonchev–Trinajstić information content (AvgIpc) is 2.24. The summed E-state index contributed by atoms with van der Waals surface area (Å²) in [6.45, 7) is 5.63. The van der Waals surface area contributed by atoms with Crippen LogP contribution in [0.2, 0.25) is 5.02 Å². The molecule has 0 aliphatic heterocycles. The Morgan fingerprint density at radius 2 is 2.16 bits per heavy atom. The van der Waals surface area contributed by atoms with Crippen LogP contribution in [0.1, 0.15) is 32.4 Å². The molecule has 0 saturated heterocycles. The molecule has 1 aromatic carbocycles. The number of rotatable bonds is 3. The highest BCUT2D eigenvalue weighted by Gasteiger charge is 2.22. The van der Waals surface area contributed by atoms with Crippen molar-refractivity contribution < 1.29 is 9.53 Å². The lowest BCUT2D eigenvalue weighted by atomic mass is 10.1. The Kier molecular flexibility index (Phi) is 5.64. The number of nitrogens with two attached hydrogens (primary N) is 1. The van der Waals surface area contributed by atoms with Crippen molar-refractivity contribution in [1.82, 2.24) is 5.32 Å². The molecule has 0 aromatic heterocycles. The Balaban J connectivity index is 2.87. The normalized spacial score (nSPS) is 12.9. The molecule has 0 fully saturated rings. The Morgan fingerprint density at radius 3 is 2.63 bits per heavy atom. The number of ether oxygens (including phenoxy) is 1. The number of hydrogen-bond acceptors (Lipinski definition) is 3. The van der Waals surface area contributed by atoms with Gasteiger partial charge in [-0.05, 0) is 32.9 Å². The molecule has 1 amide bonds. The van der Waals surface area contributed by atoms with Gasteiger partial charge in [0.05, 0.1) is 6.04 Å². The van der Waals surface area contributed by atoms with Gasteiger partial charge in [-0.25, -0.2) is 4.79 Å². The van der Waals surface area contributed by atoms with Gasteiger partial charge in [0.2, 0.25) is 0 Å². The number of halogens is 2. The highest BCUT2D eigenvalue weighted by molar-refractivity contribution is 9.10. The third-order valence-corrected chi connectivity index (χ3v) is 3.30. The van der Waals surface area contributed by atoms with E-state index in [1.54, 1.807) is 26.8 Å². The molecule has 19 heavy (non-hydrogen) atoms. The molecule has 4 nitrogen and oxygen atoms in total. The van der Waals surface area contributed by atoms with E-state index in [9.17, 15) is 4.79 Å². The molecule has 0 heterocycles. The zero-order valence-corrected chi connectivity index (χ0v) is 13.5. The molecule has 1 unspecified atom stereocenters. The molecule has 1 aromatic rings. The summed E-state index contributed by atoms with van der Waals surface area (Å²) in [6.07, 6.45) is -0.519.